The van der Waals surface area contributed by atoms with Crippen molar-refractivity contribution in [1.82, 2.24) is 10.6 Å². The quantitative estimate of drug-likeness (QED) is 0.268. The van der Waals surface area contributed by atoms with E-state index in [0.717, 1.165) is 12.8 Å². The Bertz CT molecular complexity index is 477. The van der Waals surface area contributed by atoms with Crippen LogP contribution in [0.1, 0.15) is 51.9 Å². The van der Waals surface area contributed by atoms with Gasteiger partial charge in [-0.05, 0) is 26.2 Å². The van der Waals surface area contributed by atoms with Crippen molar-refractivity contribution in [3.05, 3.63) is 0 Å². The highest BCUT2D eigenvalue weighted by Gasteiger charge is 2.25. The molecule has 0 heterocycles. The van der Waals surface area contributed by atoms with Gasteiger partial charge >= 0.3 is 5.97 Å². The Kier molecular flexibility index (Phi) is 10.7. The van der Waals surface area contributed by atoms with E-state index in [1.807, 2.05) is 0 Å². The largest absolute Gasteiger partial charge is 0.463 e. The van der Waals surface area contributed by atoms with Gasteiger partial charge in [-0.15, -0.1) is 0 Å². The first-order chi connectivity index (χ1) is 12.5. The smallest absolute Gasteiger partial charge is 0.328 e. The number of hydrogen-bond acceptors (Lipinski definition) is 7. The Morgan fingerprint density at radius 1 is 1.23 bits per heavy atom. The monoisotopic (exact) mass is 369 g/mol. The molecular weight excluding hydrogens is 338 g/mol. The van der Waals surface area contributed by atoms with E-state index in [2.05, 4.69) is 10.6 Å². The van der Waals surface area contributed by atoms with Crippen LogP contribution in [0.4, 0.5) is 0 Å². The third-order valence-electron chi connectivity index (χ3n) is 4.55. The molecule has 1 amide bonds. The van der Waals surface area contributed by atoms with Crippen molar-refractivity contribution < 1.29 is 23.9 Å². The number of hydrogen-bond donors (Lipinski definition) is 3. The molecule has 0 aromatic rings. The lowest BCUT2D eigenvalue weighted by Gasteiger charge is -2.23. The van der Waals surface area contributed by atoms with Gasteiger partial charge in [-0.25, -0.2) is 4.79 Å². The average molecular weight is 369 g/mol. The van der Waals surface area contributed by atoms with E-state index in [9.17, 15) is 14.4 Å². The minimum atomic E-state index is -0.932. The van der Waals surface area contributed by atoms with Crippen LogP contribution < -0.4 is 10.6 Å². The molecule has 0 unspecified atom stereocenters. The lowest BCUT2D eigenvalue weighted by atomic mass is 9.96. The van der Waals surface area contributed by atoms with Crippen LogP contribution >= 0.6 is 0 Å². The van der Waals surface area contributed by atoms with Gasteiger partial charge in [0.25, 0.3) is 0 Å². The van der Waals surface area contributed by atoms with Gasteiger partial charge in [-0.2, -0.15) is 0 Å². The highest BCUT2D eigenvalue weighted by molar-refractivity contribution is 6.26. The molecular formula is C18H31N3O5. The highest BCUT2D eigenvalue weighted by atomic mass is 16.5. The molecule has 26 heavy (non-hydrogen) atoms. The number of nitrogens with one attached hydrogen (secondary N) is 3. The molecule has 1 aliphatic carbocycles. The van der Waals surface area contributed by atoms with Crippen LogP contribution in [-0.2, 0) is 23.9 Å². The first-order valence-electron chi connectivity index (χ1n) is 9.24. The molecule has 0 radical (unpaired) electrons. The molecule has 8 heteroatoms. The van der Waals surface area contributed by atoms with Gasteiger partial charge in [0.1, 0.15) is 18.8 Å². The summed E-state index contributed by atoms with van der Waals surface area (Å²) < 4.78 is 10.2. The Hall–Kier alpha value is -1.80. The number of methoxy groups -OCH3 is 1. The van der Waals surface area contributed by atoms with Gasteiger partial charge in [0.2, 0.25) is 5.91 Å². The molecule has 0 bridgehead atoms. The van der Waals surface area contributed by atoms with Gasteiger partial charge in [0.15, 0.2) is 5.78 Å². The summed E-state index contributed by atoms with van der Waals surface area (Å²) in [6.07, 6.45) is 6.10. The lowest BCUT2D eigenvalue weighted by Crippen LogP contribution is -2.46. The first kappa shape index (κ1) is 22.2. The third-order valence-corrected chi connectivity index (χ3v) is 4.55. The van der Waals surface area contributed by atoms with E-state index in [-0.39, 0.29) is 19.4 Å². The average Bonchev–Trinajstić information content (AvgIpc) is 2.67. The Morgan fingerprint density at radius 2 is 1.92 bits per heavy atom. The van der Waals surface area contributed by atoms with Crippen LogP contribution in [0.15, 0.2) is 0 Å². The zero-order valence-electron chi connectivity index (χ0n) is 15.7. The summed E-state index contributed by atoms with van der Waals surface area (Å²) in [5.74, 6) is -1.43. The van der Waals surface area contributed by atoms with Crippen LogP contribution in [0.5, 0.6) is 0 Å². The van der Waals surface area contributed by atoms with Crippen LogP contribution in [0, 0.1) is 5.41 Å². The van der Waals surface area contributed by atoms with Crippen LogP contribution in [0.3, 0.4) is 0 Å². The van der Waals surface area contributed by atoms with Crippen molar-refractivity contribution in [2.45, 2.75) is 70.1 Å². The summed E-state index contributed by atoms with van der Waals surface area (Å²) in [7, 11) is 1.40. The van der Waals surface area contributed by atoms with Gasteiger partial charge in [-0.1, -0.05) is 19.3 Å². The first-order valence-corrected chi connectivity index (χ1v) is 9.24. The molecule has 0 aliphatic heterocycles. The SMILES string of the molecule is CO[C@H](C)C(=O)N[C@@H](CCC(=O)C=N)C(=O)OCCNC1CCCCC1. The number of carbonyl (C=O) groups excluding carboxylic acids is 3. The molecule has 2 atom stereocenters. The van der Waals surface area contributed by atoms with Crippen molar-refractivity contribution in [2.24, 2.45) is 0 Å². The van der Waals surface area contributed by atoms with Crippen molar-refractivity contribution in [1.29, 1.82) is 5.41 Å². The Morgan fingerprint density at radius 3 is 2.54 bits per heavy atom. The number of rotatable bonds is 12. The molecule has 8 nitrogen and oxygen atoms in total. The predicted octanol–water partition coefficient (Wildman–Crippen LogP) is 0.970. The summed E-state index contributed by atoms with van der Waals surface area (Å²) in [6.45, 7) is 2.33. The van der Waals surface area contributed by atoms with Gasteiger partial charge in [0, 0.05) is 26.1 Å². The topological polar surface area (TPSA) is 118 Å². The van der Waals surface area contributed by atoms with Crippen molar-refractivity contribution in [2.75, 3.05) is 20.3 Å². The van der Waals surface area contributed by atoms with E-state index >= 15 is 0 Å². The fourth-order valence-corrected chi connectivity index (χ4v) is 2.83. The predicted molar refractivity (Wildman–Crippen MR) is 97.3 cm³/mol. The van der Waals surface area contributed by atoms with Crippen LogP contribution in [-0.4, -0.2) is 62.3 Å². The van der Waals surface area contributed by atoms with Gasteiger partial charge in [-0.3, -0.25) is 9.59 Å². The Labute approximate surface area is 154 Å². The molecule has 0 spiro atoms. The number of esters is 1. The zero-order chi connectivity index (χ0) is 19.4. The molecule has 1 rings (SSSR count). The van der Waals surface area contributed by atoms with Crippen LogP contribution in [0.2, 0.25) is 0 Å². The summed E-state index contributed by atoms with van der Waals surface area (Å²) in [4.78, 5) is 35.5. The molecule has 0 aromatic carbocycles. The van der Waals surface area contributed by atoms with E-state index in [0.29, 0.717) is 18.8 Å². The second-order valence-corrected chi connectivity index (χ2v) is 6.54. The number of ketones is 1. The number of Topliss-reactive ketones (excluding diaryl/α,β-unsaturated/α-hetero) is 1. The van der Waals surface area contributed by atoms with E-state index < -0.39 is 29.8 Å². The molecule has 3 N–H and O–H groups in total. The van der Waals surface area contributed by atoms with E-state index in [1.165, 1.54) is 26.4 Å². The van der Waals surface area contributed by atoms with Crippen molar-refractivity contribution in [3.8, 4) is 0 Å². The molecule has 0 aromatic heterocycles. The summed E-state index contributed by atoms with van der Waals surface area (Å²) in [5.41, 5.74) is 0. The number of carbonyl (C=O) groups is 3. The lowest BCUT2D eigenvalue weighted by molar-refractivity contribution is -0.149. The Balaban J connectivity index is 2.43. The molecule has 148 valence electrons. The van der Waals surface area contributed by atoms with Gasteiger partial charge in [0.05, 0.1) is 6.21 Å². The molecule has 1 fully saturated rings. The molecule has 1 saturated carbocycles. The molecule has 1 aliphatic rings. The van der Waals surface area contributed by atoms with E-state index in [1.54, 1.807) is 6.92 Å². The van der Waals surface area contributed by atoms with Gasteiger partial charge < -0.3 is 25.5 Å². The zero-order valence-corrected chi connectivity index (χ0v) is 15.7. The maximum atomic E-state index is 12.3. The minimum absolute atomic E-state index is 0.00870. The summed E-state index contributed by atoms with van der Waals surface area (Å²) in [5, 5.41) is 12.9. The van der Waals surface area contributed by atoms with E-state index in [4.69, 9.17) is 14.9 Å². The highest BCUT2D eigenvalue weighted by Crippen LogP contribution is 2.17. The second-order valence-electron chi connectivity index (χ2n) is 6.54. The number of amides is 1. The van der Waals surface area contributed by atoms with Crippen molar-refractivity contribution >= 4 is 23.9 Å². The fraction of sp³-hybridized carbons (Fsp3) is 0.778. The molecule has 0 saturated heterocycles. The third kappa shape index (κ3) is 8.53. The minimum Gasteiger partial charge on any atom is -0.463 e. The second kappa shape index (κ2) is 12.5. The van der Waals surface area contributed by atoms with Crippen LogP contribution in [0.25, 0.3) is 0 Å². The van der Waals surface area contributed by atoms with Crippen molar-refractivity contribution in [3.63, 3.8) is 0 Å². The maximum absolute atomic E-state index is 12.3. The summed E-state index contributed by atoms with van der Waals surface area (Å²) in [6, 6.07) is -0.454. The maximum Gasteiger partial charge on any atom is 0.328 e. The standard InChI is InChI=1S/C18H31N3O5/c1-13(25-2)17(23)21-16(9-8-15(22)12-19)18(24)26-11-10-20-14-6-4-3-5-7-14/h12-14,16,19-20H,3-11H2,1-2H3,(H,21,23)/t13-,16+/m1/s1. The fourth-order valence-electron chi connectivity index (χ4n) is 2.83. The summed E-state index contributed by atoms with van der Waals surface area (Å²) >= 11 is 0. The number of ether oxygens (including phenoxy) is 2. The normalized spacial score (nSPS) is 17.2.